The monoisotopic (exact) mass is 221 g/mol. The quantitative estimate of drug-likeness (QED) is 0.774. The maximum Gasteiger partial charge on any atom is 0.203 e. The lowest BCUT2D eigenvalue weighted by Crippen LogP contribution is -2.12. The number of nitrogens with zero attached hydrogens (tertiary/aromatic N) is 2. The number of anilines is 1. The van der Waals surface area contributed by atoms with Crippen molar-refractivity contribution in [2.45, 2.75) is 40.7 Å². The number of aryl methyl sites for hydroxylation is 2. The normalized spacial score (nSPS) is 11.5. The number of nitrogens with one attached hydrogen (secondary N) is 1. The number of rotatable bonds is 5. The maximum absolute atomic E-state index is 4.45. The number of aromatic nitrogens is 2. The van der Waals surface area contributed by atoms with Crippen LogP contribution < -0.4 is 5.32 Å². The number of hydrogen-bond acceptors (Lipinski definition) is 2. The number of imidazole rings is 1. The van der Waals surface area contributed by atoms with Gasteiger partial charge in [-0.2, -0.15) is 0 Å². The zero-order chi connectivity index (χ0) is 12.2. The van der Waals surface area contributed by atoms with Crippen molar-refractivity contribution >= 4 is 5.95 Å². The van der Waals surface area contributed by atoms with E-state index < -0.39 is 0 Å². The van der Waals surface area contributed by atoms with Crippen LogP contribution in [0.15, 0.2) is 18.9 Å². The molecule has 0 aliphatic carbocycles. The highest BCUT2D eigenvalue weighted by molar-refractivity contribution is 5.29. The lowest BCUT2D eigenvalue weighted by Gasteiger charge is -2.19. The fraction of sp³-hybridized carbons (Fsp3) is 0.615. The Morgan fingerprint density at radius 3 is 2.75 bits per heavy atom. The van der Waals surface area contributed by atoms with E-state index in [2.05, 4.69) is 48.4 Å². The molecule has 90 valence electrons. The van der Waals surface area contributed by atoms with Gasteiger partial charge in [-0.05, 0) is 18.8 Å². The molecule has 1 rings (SSSR count). The molecule has 0 saturated carbocycles. The van der Waals surface area contributed by atoms with E-state index in [-0.39, 0.29) is 0 Å². The van der Waals surface area contributed by atoms with Crippen LogP contribution in [-0.2, 0) is 6.54 Å². The Balaban J connectivity index is 2.66. The van der Waals surface area contributed by atoms with Crippen molar-refractivity contribution < 1.29 is 0 Å². The summed E-state index contributed by atoms with van der Waals surface area (Å²) in [6.45, 7) is 14.3. The van der Waals surface area contributed by atoms with Crippen LogP contribution in [0.5, 0.6) is 0 Å². The molecule has 0 bridgehead atoms. The van der Waals surface area contributed by atoms with Crippen LogP contribution in [0.1, 0.15) is 32.9 Å². The average Bonchev–Trinajstić information content (AvgIpc) is 2.52. The van der Waals surface area contributed by atoms with Gasteiger partial charge in [0.25, 0.3) is 0 Å². The van der Waals surface area contributed by atoms with Crippen LogP contribution >= 0.6 is 0 Å². The lowest BCUT2D eigenvalue weighted by atomic mass is 9.92. The maximum atomic E-state index is 4.45. The van der Waals surface area contributed by atoms with E-state index in [0.717, 1.165) is 31.2 Å². The molecule has 0 fully saturated rings. The molecule has 1 aromatic heterocycles. The zero-order valence-electron chi connectivity index (χ0n) is 10.9. The highest BCUT2D eigenvalue weighted by Crippen LogP contribution is 2.21. The summed E-state index contributed by atoms with van der Waals surface area (Å²) in [4.78, 5) is 4.45. The lowest BCUT2D eigenvalue weighted by molar-refractivity contribution is 0.351. The van der Waals surface area contributed by atoms with E-state index >= 15 is 0 Å². The molecule has 0 aliphatic heterocycles. The fourth-order valence-corrected chi connectivity index (χ4v) is 1.48. The van der Waals surface area contributed by atoms with Gasteiger partial charge in [-0.15, -0.1) is 6.58 Å². The van der Waals surface area contributed by atoms with E-state index in [1.54, 1.807) is 0 Å². The highest BCUT2D eigenvalue weighted by Gasteiger charge is 2.12. The van der Waals surface area contributed by atoms with E-state index in [1.807, 2.05) is 13.0 Å². The van der Waals surface area contributed by atoms with Crippen LogP contribution in [0.25, 0.3) is 0 Å². The standard InChI is InChI=1S/C13H23N3/c1-6-8-14-12-15-11(2)10-16(12)9-7-13(3,4)5/h6,10H,1,7-9H2,2-5H3,(H,14,15). The smallest absolute Gasteiger partial charge is 0.203 e. The van der Waals surface area contributed by atoms with Gasteiger partial charge in [0.2, 0.25) is 5.95 Å². The second kappa shape index (κ2) is 5.19. The highest BCUT2D eigenvalue weighted by atomic mass is 15.2. The van der Waals surface area contributed by atoms with Crippen molar-refractivity contribution in [2.24, 2.45) is 5.41 Å². The summed E-state index contributed by atoms with van der Waals surface area (Å²) in [7, 11) is 0. The Morgan fingerprint density at radius 1 is 1.50 bits per heavy atom. The third-order valence-electron chi connectivity index (χ3n) is 2.40. The first-order valence-electron chi connectivity index (χ1n) is 5.81. The van der Waals surface area contributed by atoms with Gasteiger partial charge in [-0.1, -0.05) is 26.8 Å². The largest absolute Gasteiger partial charge is 0.352 e. The van der Waals surface area contributed by atoms with Gasteiger partial charge in [0.1, 0.15) is 0 Å². The third-order valence-corrected chi connectivity index (χ3v) is 2.40. The predicted molar refractivity (Wildman–Crippen MR) is 69.7 cm³/mol. The molecule has 0 unspecified atom stereocenters. The Hall–Kier alpha value is -1.25. The van der Waals surface area contributed by atoms with E-state index in [0.29, 0.717) is 5.41 Å². The molecule has 0 saturated heterocycles. The Bertz CT molecular complexity index is 345. The van der Waals surface area contributed by atoms with Gasteiger partial charge >= 0.3 is 0 Å². The molecular weight excluding hydrogens is 198 g/mol. The molecule has 0 aromatic carbocycles. The van der Waals surface area contributed by atoms with Gasteiger partial charge in [0, 0.05) is 19.3 Å². The van der Waals surface area contributed by atoms with Crippen LogP contribution in [-0.4, -0.2) is 16.1 Å². The van der Waals surface area contributed by atoms with Crippen LogP contribution in [0.3, 0.4) is 0 Å². The second-order valence-electron chi connectivity index (χ2n) is 5.38. The van der Waals surface area contributed by atoms with Crippen molar-refractivity contribution in [3.63, 3.8) is 0 Å². The molecule has 0 atom stereocenters. The first-order valence-corrected chi connectivity index (χ1v) is 5.81. The first kappa shape index (κ1) is 12.8. The van der Waals surface area contributed by atoms with Gasteiger partial charge in [-0.3, -0.25) is 0 Å². The number of hydrogen-bond donors (Lipinski definition) is 1. The SMILES string of the molecule is C=CCNc1nc(C)cn1CCC(C)(C)C. The first-order chi connectivity index (χ1) is 7.42. The second-order valence-corrected chi connectivity index (χ2v) is 5.38. The minimum atomic E-state index is 0.355. The Kier molecular flexibility index (Phi) is 4.16. The molecule has 0 radical (unpaired) electrons. The predicted octanol–water partition coefficient (Wildman–Crippen LogP) is 3.23. The molecule has 0 spiro atoms. The van der Waals surface area contributed by atoms with E-state index in [1.165, 1.54) is 0 Å². The fourth-order valence-electron chi connectivity index (χ4n) is 1.48. The molecule has 3 heteroatoms. The zero-order valence-corrected chi connectivity index (χ0v) is 10.9. The molecular formula is C13H23N3. The molecule has 0 amide bonds. The topological polar surface area (TPSA) is 29.9 Å². The summed E-state index contributed by atoms with van der Waals surface area (Å²) in [5.41, 5.74) is 1.41. The third kappa shape index (κ3) is 4.09. The van der Waals surface area contributed by atoms with Crippen molar-refractivity contribution in [1.82, 2.24) is 9.55 Å². The minimum absolute atomic E-state index is 0.355. The molecule has 1 heterocycles. The summed E-state index contributed by atoms with van der Waals surface area (Å²) in [6.07, 6.45) is 5.08. The molecule has 3 nitrogen and oxygen atoms in total. The summed E-state index contributed by atoms with van der Waals surface area (Å²) in [5.74, 6) is 0.946. The average molecular weight is 221 g/mol. The van der Waals surface area contributed by atoms with Crippen LogP contribution in [0, 0.1) is 12.3 Å². The van der Waals surface area contributed by atoms with E-state index in [9.17, 15) is 0 Å². The Morgan fingerprint density at radius 2 is 2.19 bits per heavy atom. The van der Waals surface area contributed by atoms with Crippen molar-refractivity contribution in [1.29, 1.82) is 0 Å². The van der Waals surface area contributed by atoms with Gasteiger partial charge < -0.3 is 9.88 Å². The van der Waals surface area contributed by atoms with Crippen molar-refractivity contribution in [3.05, 3.63) is 24.5 Å². The van der Waals surface area contributed by atoms with Crippen LogP contribution in [0.2, 0.25) is 0 Å². The molecule has 16 heavy (non-hydrogen) atoms. The van der Waals surface area contributed by atoms with Gasteiger partial charge in [-0.25, -0.2) is 4.98 Å². The van der Waals surface area contributed by atoms with Crippen LogP contribution in [0.4, 0.5) is 5.95 Å². The molecule has 1 N–H and O–H groups in total. The van der Waals surface area contributed by atoms with Gasteiger partial charge in [0.15, 0.2) is 0 Å². The Labute approximate surface area is 98.6 Å². The van der Waals surface area contributed by atoms with E-state index in [4.69, 9.17) is 0 Å². The molecule has 1 aromatic rings. The summed E-state index contributed by atoms with van der Waals surface area (Å²) >= 11 is 0. The summed E-state index contributed by atoms with van der Waals surface area (Å²) < 4.78 is 2.18. The molecule has 0 aliphatic rings. The van der Waals surface area contributed by atoms with Crippen molar-refractivity contribution in [2.75, 3.05) is 11.9 Å². The van der Waals surface area contributed by atoms with Gasteiger partial charge in [0.05, 0.1) is 5.69 Å². The van der Waals surface area contributed by atoms with Crippen molar-refractivity contribution in [3.8, 4) is 0 Å². The summed E-state index contributed by atoms with van der Waals surface area (Å²) in [5, 5.41) is 3.25. The minimum Gasteiger partial charge on any atom is -0.352 e. The summed E-state index contributed by atoms with van der Waals surface area (Å²) in [6, 6.07) is 0.